The average Bonchev–Trinajstić information content (AvgIpc) is 2.72. The van der Waals surface area contributed by atoms with Crippen molar-refractivity contribution in [3.63, 3.8) is 0 Å². The molecule has 2 rings (SSSR count). The molecule has 1 aromatic heterocycles. The lowest BCUT2D eigenvalue weighted by molar-refractivity contribution is -0.384. The number of ether oxygens (including phenoxy) is 2. The van der Waals surface area contributed by atoms with Crippen molar-refractivity contribution in [3.8, 4) is 17.4 Å². The van der Waals surface area contributed by atoms with Gasteiger partial charge in [-0.2, -0.15) is 5.10 Å². The van der Waals surface area contributed by atoms with Gasteiger partial charge in [-0.1, -0.05) is 0 Å². The topological polar surface area (TPSA) is 96.5 Å². The van der Waals surface area contributed by atoms with Gasteiger partial charge >= 0.3 is 0 Å². The smallest absolute Gasteiger partial charge is 0.273 e. The third kappa shape index (κ3) is 2.69. The number of methoxy groups -OCH3 is 1. The van der Waals surface area contributed by atoms with Crippen molar-refractivity contribution < 1.29 is 19.2 Å². The molecule has 0 unspecified atom stereocenters. The molecule has 8 heteroatoms. The minimum atomic E-state index is -0.530. The summed E-state index contributed by atoms with van der Waals surface area (Å²) in [5.74, 6) is 0.698. The number of benzene rings is 1. The Morgan fingerprint density at radius 2 is 2.10 bits per heavy atom. The second-order valence-corrected chi connectivity index (χ2v) is 4.24. The number of hydrogen-bond acceptors (Lipinski definition) is 6. The molecule has 0 fully saturated rings. The van der Waals surface area contributed by atoms with Crippen molar-refractivity contribution in [3.05, 3.63) is 39.6 Å². The van der Waals surface area contributed by atoms with E-state index in [4.69, 9.17) is 9.47 Å². The summed E-state index contributed by atoms with van der Waals surface area (Å²) in [6, 6.07) is 3.95. The predicted molar refractivity (Wildman–Crippen MR) is 73.1 cm³/mol. The van der Waals surface area contributed by atoms with E-state index in [9.17, 15) is 14.9 Å². The van der Waals surface area contributed by atoms with Crippen molar-refractivity contribution in [1.29, 1.82) is 0 Å². The second kappa shape index (κ2) is 5.61. The molecule has 0 aliphatic carbocycles. The van der Waals surface area contributed by atoms with Gasteiger partial charge in [0.2, 0.25) is 5.88 Å². The number of nitro benzene ring substituents is 1. The lowest BCUT2D eigenvalue weighted by Crippen LogP contribution is -1.99. The summed E-state index contributed by atoms with van der Waals surface area (Å²) in [5.41, 5.74) is 0.734. The minimum Gasteiger partial charge on any atom is -0.493 e. The number of nitro groups is 1. The first-order valence-electron chi connectivity index (χ1n) is 5.97. The van der Waals surface area contributed by atoms with E-state index in [0.29, 0.717) is 17.5 Å². The highest BCUT2D eigenvalue weighted by atomic mass is 16.6. The van der Waals surface area contributed by atoms with Crippen LogP contribution in [0.2, 0.25) is 0 Å². The molecule has 0 aliphatic heterocycles. The number of aryl methyl sites for hydroxylation is 2. The fourth-order valence-corrected chi connectivity index (χ4v) is 1.87. The van der Waals surface area contributed by atoms with Gasteiger partial charge in [0.05, 0.1) is 29.4 Å². The van der Waals surface area contributed by atoms with E-state index < -0.39 is 4.92 Å². The number of carbonyl (C=O) groups is 1. The number of aromatic nitrogens is 2. The van der Waals surface area contributed by atoms with Gasteiger partial charge in [0, 0.05) is 13.1 Å². The van der Waals surface area contributed by atoms with Crippen molar-refractivity contribution in [2.75, 3.05) is 7.11 Å². The van der Waals surface area contributed by atoms with Gasteiger partial charge in [-0.25, -0.2) is 4.68 Å². The standard InChI is InChI=1S/C13H13N3O5/c1-8-10(7-17)13(15(2)14-8)21-11-5-4-9(16(18)19)6-12(11)20-3/h4-7H,1-3H3. The molecule has 0 saturated carbocycles. The molecule has 0 saturated heterocycles. The number of rotatable bonds is 5. The summed E-state index contributed by atoms with van der Waals surface area (Å²) >= 11 is 0. The van der Waals surface area contributed by atoms with Crippen molar-refractivity contribution in [1.82, 2.24) is 9.78 Å². The number of hydrogen-bond donors (Lipinski definition) is 0. The fourth-order valence-electron chi connectivity index (χ4n) is 1.87. The van der Waals surface area contributed by atoms with Crippen LogP contribution in [-0.4, -0.2) is 28.1 Å². The number of non-ortho nitro benzene ring substituents is 1. The molecular weight excluding hydrogens is 278 g/mol. The molecule has 0 spiro atoms. The van der Waals surface area contributed by atoms with Gasteiger partial charge in [-0.05, 0) is 13.0 Å². The first kappa shape index (κ1) is 14.5. The van der Waals surface area contributed by atoms with E-state index in [2.05, 4.69) is 5.10 Å². The largest absolute Gasteiger partial charge is 0.493 e. The Labute approximate surface area is 120 Å². The van der Waals surface area contributed by atoms with Gasteiger partial charge in [0.15, 0.2) is 17.8 Å². The van der Waals surface area contributed by atoms with E-state index >= 15 is 0 Å². The molecule has 21 heavy (non-hydrogen) atoms. The molecule has 0 aliphatic rings. The van der Waals surface area contributed by atoms with Crippen LogP contribution in [0.5, 0.6) is 17.4 Å². The van der Waals surface area contributed by atoms with Gasteiger partial charge in [-0.3, -0.25) is 14.9 Å². The van der Waals surface area contributed by atoms with Gasteiger partial charge in [0.1, 0.15) is 0 Å². The third-order valence-corrected chi connectivity index (χ3v) is 2.90. The Hall–Kier alpha value is -2.90. The highest BCUT2D eigenvalue weighted by Crippen LogP contribution is 2.35. The Kier molecular flexibility index (Phi) is 3.88. The Balaban J connectivity index is 2.44. The molecule has 0 radical (unpaired) electrons. The zero-order valence-corrected chi connectivity index (χ0v) is 11.7. The summed E-state index contributed by atoms with van der Waals surface area (Å²) in [5, 5.41) is 14.8. The molecule has 110 valence electrons. The quantitative estimate of drug-likeness (QED) is 0.476. The lowest BCUT2D eigenvalue weighted by atomic mass is 10.2. The average molecular weight is 291 g/mol. The van der Waals surface area contributed by atoms with Crippen LogP contribution >= 0.6 is 0 Å². The number of nitrogens with zero attached hydrogens (tertiary/aromatic N) is 3. The van der Waals surface area contributed by atoms with Gasteiger partial charge in [-0.15, -0.1) is 0 Å². The first-order chi connectivity index (χ1) is 9.97. The zero-order valence-electron chi connectivity index (χ0n) is 11.7. The van der Waals surface area contributed by atoms with Crippen LogP contribution in [0, 0.1) is 17.0 Å². The number of carbonyl (C=O) groups excluding carboxylic acids is 1. The fraction of sp³-hybridized carbons (Fsp3) is 0.231. The van der Waals surface area contributed by atoms with E-state index in [-0.39, 0.29) is 23.1 Å². The van der Waals surface area contributed by atoms with E-state index in [1.54, 1.807) is 14.0 Å². The molecule has 0 bridgehead atoms. The van der Waals surface area contributed by atoms with Crippen LogP contribution in [0.25, 0.3) is 0 Å². The molecule has 0 amide bonds. The maximum Gasteiger partial charge on any atom is 0.273 e. The van der Waals surface area contributed by atoms with Crippen LogP contribution in [0.15, 0.2) is 18.2 Å². The predicted octanol–water partition coefficient (Wildman–Crippen LogP) is 2.25. The van der Waals surface area contributed by atoms with Gasteiger partial charge < -0.3 is 9.47 Å². The van der Waals surface area contributed by atoms with E-state index in [1.807, 2.05) is 0 Å². The molecule has 2 aromatic rings. The van der Waals surface area contributed by atoms with Crippen LogP contribution in [0.1, 0.15) is 16.1 Å². The Morgan fingerprint density at radius 3 is 2.67 bits per heavy atom. The molecule has 1 aromatic carbocycles. The molecular formula is C13H13N3O5. The summed E-state index contributed by atoms with van der Waals surface area (Å²) in [6.07, 6.45) is 0.648. The van der Waals surface area contributed by atoms with Crippen molar-refractivity contribution in [2.24, 2.45) is 7.05 Å². The highest BCUT2D eigenvalue weighted by Gasteiger charge is 2.18. The summed E-state index contributed by atoms with van der Waals surface area (Å²) in [7, 11) is 3.01. The SMILES string of the molecule is COc1cc([N+](=O)[O-])ccc1Oc1c(C=O)c(C)nn1C. The van der Waals surface area contributed by atoms with Gasteiger partial charge in [0.25, 0.3) is 5.69 Å². The molecule has 0 N–H and O–H groups in total. The first-order valence-corrected chi connectivity index (χ1v) is 5.97. The molecule has 8 nitrogen and oxygen atoms in total. The van der Waals surface area contributed by atoms with E-state index in [1.165, 1.54) is 30.0 Å². The van der Waals surface area contributed by atoms with E-state index in [0.717, 1.165) is 0 Å². The lowest BCUT2D eigenvalue weighted by Gasteiger charge is -2.10. The maximum absolute atomic E-state index is 11.1. The summed E-state index contributed by atoms with van der Waals surface area (Å²) < 4.78 is 12.1. The summed E-state index contributed by atoms with van der Waals surface area (Å²) in [6.45, 7) is 1.68. The highest BCUT2D eigenvalue weighted by molar-refractivity contribution is 5.80. The second-order valence-electron chi connectivity index (χ2n) is 4.24. The van der Waals surface area contributed by atoms with Crippen molar-refractivity contribution in [2.45, 2.75) is 6.92 Å². The maximum atomic E-state index is 11.1. The number of aldehydes is 1. The van der Waals surface area contributed by atoms with Crippen LogP contribution in [0.4, 0.5) is 5.69 Å². The Bertz CT molecular complexity index is 708. The Morgan fingerprint density at radius 1 is 1.38 bits per heavy atom. The van der Waals surface area contributed by atoms with Crippen LogP contribution in [-0.2, 0) is 7.05 Å². The van der Waals surface area contributed by atoms with Crippen LogP contribution < -0.4 is 9.47 Å². The zero-order chi connectivity index (χ0) is 15.6. The normalized spacial score (nSPS) is 10.2. The minimum absolute atomic E-state index is 0.115. The third-order valence-electron chi connectivity index (χ3n) is 2.90. The van der Waals surface area contributed by atoms with Crippen molar-refractivity contribution >= 4 is 12.0 Å². The van der Waals surface area contributed by atoms with Crippen LogP contribution in [0.3, 0.4) is 0 Å². The summed E-state index contributed by atoms with van der Waals surface area (Å²) in [4.78, 5) is 21.3. The monoisotopic (exact) mass is 291 g/mol. The molecule has 1 heterocycles. The molecule has 0 atom stereocenters.